The summed E-state index contributed by atoms with van der Waals surface area (Å²) in [4.78, 5) is 0. The highest BCUT2D eigenvalue weighted by atomic mass is 127. The highest BCUT2D eigenvalue weighted by Crippen LogP contribution is 1.97. The van der Waals surface area contributed by atoms with Crippen LogP contribution in [0.1, 0.15) is 0 Å². The molecule has 0 aliphatic carbocycles. The third-order valence-electron chi connectivity index (χ3n) is 0.0752. The van der Waals surface area contributed by atoms with Crippen LogP contribution in [0.25, 0.3) is 0 Å². The number of rotatable bonds is 1. The lowest BCUT2D eigenvalue weighted by molar-refractivity contribution is 0.485. The van der Waals surface area contributed by atoms with Crippen molar-refractivity contribution in [2.45, 2.75) is 0 Å². The van der Waals surface area contributed by atoms with Gasteiger partial charge in [0, 0.05) is 0 Å². The first kappa shape index (κ1) is 6.57. The molecule has 0 aromatic carbocycles. The Morgan fingerprint density at radius 2 is 1.83 bits per heavy atom. The van der Waals surface area contributed by atoms with Gasteiger partial charge in [-0.2, -0.15) is 10.9 Å². The molecule has 0 unspecified atom stereocenters. The summed E-state index contributed by atoms with van der Waals surface area (Å²) in [5.74, 6) is 0. The van der Waals surface area contributed by atoms with E-state index in [9.17, 15) is 3.89 Å². The summed E-state index contributed by atoms with van der Waals surface area (Å²) in [6.45, 7) is 0. The second-order valence-electron chi connectivity index (χ2n) is 0.456. The molecule has 0 aliphatic heterocycles. The summed E-state index contributed by atoms with van der Waals surface area (Å²) < 4.78 is 32.3. The molecule has 0 saturated carbocycles. The van der Waals surface area contributed by atoms with Crippen LogP contribution >= 0.6 is 23.0 Å². The van der Waals surface area contributed by atoms with Gasteiger partial charge in [-0.3, -0.25) is 0 Å². The fraction of sp³-hybridized carbons (Fsp3) is 0. The molecule has 38 valence electrons. The second kappa shape index (κ2) is 2.03. The van der Waals surface area contributed by atoms with Gasteiger partial charge >= 0.3 is 10.5 Å². The van der Waals surface area contributed by atoms with Gasteiger partial charge in [0.25, 0.3) is 0 Å². The minimum atomic E-state index is -4.68. The molecule has 0 heterocycles. The molecule has 0 bridgehead atoms. The maximum absolute atomic E-state index is 10.9. The van der Waals surface area contributed by atoms with Crippen LogP contribution in [0.4, 0.5) is 3.89 Å². The smallest absolute Gasteiger partial charge is 0.174 e. The normalized spacial score (nSPS) is 11.7. The van der Waals surface area contributed by atoms with Crippen molar-refractivity contribution < 1.29 is 14.8 Å². The van der Waals surface area contributed by atoms with Gasteiger partial charge in [-0.05, 0) is 0 Å². The third kappa shape index (κ3) is 4.57. The Morgan fingerprint density at radius 1 is 1.67 bits per heavy atom. The van der Waals surface area contributed by atoms with Crippen LogP contribution in [0.3, 0.4) is 0 Å². The summed E-state index contributed by atoms with van der Waals surface area (Å²) in [6, 6.07) is 0. The van der Waals surface area contributed by atoms with Crippen molar-refractivity contribution >= 4 is 33.5 Å². The van der Waals surface area contributed by atoms with Crippen LogP contribution in [0.5, 0.6) is 0 Å². The van der Waals surface area contributed by atoms with Crippen molar-refractivity contribution in [3.05, 3.63) is 0 Å². The second-order valence-corrected chi connectivity index (χ2v) is 2.45. The van der Waals surface area contributed by atoms with Crippen molar-refractivity contribution in [3.63, 3.8) is 0 Å². The molecule has 0 radical (unpaired) electrons. The van der Waals surface area contributed by atoms with E-state index in [1.54, 1.807) is 0 Å². The van der Waals surface area contributed by atoms with E-state index in [0.29, 0.717) is 0 Å². The van der Waals surface area contributed by atoms with Crippen molar-refractivity contribution in [1.29, 1.82) is 0 Å². The van der Waals surface area contributed by atoms with Crippen molar-refractivity contribution in [2.24, 2.45) is 0 Å². The zero-order valence-electron chi connectivity index (χ0n) is 2.39. The van der Waals surface area contributed by atoms with E-state index in [-0.39, 0.29) is 0 Å². The van der Waals surface area contributed by atoms with Gasteiger partial charge < -0.3 is 0 Å². The Kier molecular flexibility index (Phi) is 2.22. The van der Waals surface area contributed by atoms with Crippen LogP contribution in [-0.4, -0.2) is 8.42 Å². The molecular weight excluding hydrogens is 226 g/mol. The first-order valence-corrected chi connectivity index (χ1v) is 3.00. The average Bonchev–Trinajstić information content (AvgIpc) is 1.35. The molecule has 0 saturated heterocycles. The van der Waals surface area contributed by atoms with E-state index in [0.717, 1.165) is 23.0 Å². The topological polar surface area (TPSA) is 43.4 Å². The summed E-state index contributed by atoms with van der Waals surface area (Å²) in [5, 5.41) is 0. The molecule has 0 rings (SSSR count). The van der Waals surface area contributed by atoms with E-state index in [2.05, 4.69) is 2.51 Å². The molecule has 0 fully saturated rings. The van der Waals surface area contributed by atoms with Gasteiger partial charge in [-0.1, -0.05) is 3.89 Å². The standard InChI is InChI=1S/FIO3S/c1-6(3,4)5-2. The molecule has 6 heavy (non-hydrogen) atoms. The SMILES string of the molecule is O=S(=O)(F)OI. The minimum Gasteiger partial charge on any atom is -0.174 e. The number of hydrogen-bond donors (Lipinski definition) is 0. The Hall–Kier alpha value is 0.570. The predicted molar refractivity (Wildman–Crippen MR) is 25.1 cm³/mol. The number of halogens is 2. The van der Waals surface area contributed by atoms with Gasteiger partial charge in [0.1, 0.15) is 23.0 Å². The van der Waals surface area contributed by atoms with E-state index >= 15 is 0 Å². The third-order valence-corrected chi connectivity index (χ3v) is 1.51. The Bertz CT molecular complexity index is 113. The fourth-order valence-corrected chi connectivity index (χ4v) is 0. The fourth-order valence-electron chi connectivity index (χ4n) is 0. The molecule has 0 amide bonds. The predicted octanol–water partition coefficient (Wildman–Crippen LogP) is 0.567. The maximum atomic E-state index is 10.9. The van der Waals surface area contributed by atoms with Gasteiger partial charge in [0.05, 0.1) is 0 Å². The van der Waals surface area contributed by atoms with Crippen LogP contribution in [0, 0.1) is 0 Å². The first-order valence-electron chi connectivity index (χ1n) is 0.809. The van der Waals surface area contributed by atoms with Gasteiger partial charge in [0.2, 0.25) is 0 Å². The van der Waals surface area contributed by atoms with Crippen LogP contribution in [0.2, 0.25) is 0 Å². The molecule has 0 N–H and O–H groups in total. The molecule has 0 spiro atoms. The highest BCUT2D eigenvalue weighted by molar-refractivity contribution is 14.1. The zero-order valence-corrected chi connectivity index (χ0v) is 5.36. The van der Waals surface area contributed by atoms with E-state index < -0.39 is 10.5 Å². The van der Waals surface area contributed by atoms with E-state index in [1.807, 2.05) is 0 Å². The van der Waals surface area contributed by atoms with Gasteiger partial charge in [-0.25, -0.2) is 0 Å². The summed E-state index contributed by atoms with van der Waals surface area (Å²) >= 11 is 0.931. The van der Waals surface area contributed by atoms with Crippen molar-refractivity contribution in [3.8, 4) is 0 Å². The monoisotopic (exact) mass is 226 g/mol. The Morgan fingerprint density at radius 3 is 1.83 bits per heavy atom. The van der Waals surface area contributed by atoms with Gasteiger partial charge in [-0.15, -0.1) is 0 Å². The molecule has 3 nitrogen and oxygen atoms in total. The maximum Gasteiger partial charge on any atom is 0.446 e. The molecular formula is FIO3S. The van der Waals surface area contributed by atoms with E-state index in [4.69, 9.17) is 8.42 Å². The van der Waals surface area contributed by atoms with Crippen LogP contribution in [-0.2, 0) is 13.0 Å². The average molecular weight is 226 g/mol. The lowest BCUT2D eigenvalue weighted by Gasteiger charge is -1.75. The summed E-state index contributed by atoms with van der Waals surface area (Å²) in [6.07, 6.45) is 0. The number of hydrogen-bond acceptors (Lipinski definition) is 3. The first-order chi connectivity index (χ1) is 2.56. The molecule has 0 aromatic rings. The Labute approximate surface area is 48.6 Å². The minimum absolute atomic E-state index is 0.931. The summed E-state index contributed by atoms with van der Waals surface area (Å²) in [5.41, 5.74) is 0. The molecule has 6 heteroatoms. The molecule has 0 atom stereocenters. The largest absolute Gasteiger partial charge is 0.446 e. The van der Waals surface area contributed by atoms with E-state index in [1.165, 1.54) is 0 Å². The summed E-state index contributed by atoms with van der Waals surface area (Å²) in [7, 11) is -4.68. The van der Waals surface area contributed by atoms with Crippen LogP contribution in [0.15, 0.2) is 0 Å². The highest BCUT2D eigenvalue weighted by Gasteiger charge is 2.00. The van der Waals surface area contributed by atoms with Crippen LogP contribution < -0.4 is 0 Å². The molecule has 0 aliphatic rings. The lowest BCUT2D eigenvalue weighted by atomic mass is 15.9. The molecule has 0 aromatic heterocycles. The quantitative estimate of drug-likeness (QED) is 0.484. The zero-order chi connectivity index (χ0) is 5.21. The van der Waals surface area contributed by atoms with Crippen molar-refractivity contribution in [2.75, 3.05) is 0 Å². The Balaban J connectivity index is 3.85. The van der Waals surface area contributed by atoms with Gasteiger partial charge in [0.15, 0.2) is 0 Å². The van der Waals surface area contributed by atoms with Crippen molar-refractivity contribution in [1.82, 2.24) is 0 Å². The lowest BCUT2D eigenvalue weighted by Crippen LogP contribution is -1.83.